The fraction of sp³-hybridized carbons (Fsp3) is 0.333. The largest absolute Gasteiger partial charge is 0.481 e. The van der Waals surface area contributed by atoms with Crippen LogP contribution in [0, 0.1) is 0 Å². The standard InChI is InChI=1S/C6H8O5/c1-2-5(9)11-6(10)3-4(7)8/h2,5,9H,1,3H2,(H,7,8). The highest BCUT2D eigenvalue weighted by Gasteiger charge is 2.11. The molecule has 0 radical (unpaired) electrons. The van der Waals surface area contributed by atoms with Crippen molar-refractivity contribution in [3.8, 4) is 0 Å². The maximum atomic E-state index is 10.4. The minimum Gasteiger partial charge on any atom is -0.481 e. The molecule has 0 aliphatic heterocycles. The van der Waals surface area contributed by atoms with E-state index in [2.05, 4.69) is 11.3 Å². The molecule has 0 aliphatic carbocycles. The van der Waals surface area contributed by atoms with Gasteiger partial charge in [0.1, 0.15) is 6.42 Å². The van der Waals surface area contributed by atoms with Crippen LogP contribution in [0.1, 0.15) is 6.42 Å². The molecular weight excluding hydrogens is 152 g/mol. The third-order valence-electron chi connectivity index (χ3n) is 0.749. The quantitative estimate of drug-likeness (QED) is 0.251. The fourth-order valence-electron chi connectivity index (χ4n) is 0.348. The first-order chi connectivity index (χ1) is 5.06. The summed E-state index contributed by atoms with van der Waals surface area (Å²) in [6.07, 6.45) is -1.22. The normalized spacial score (nSPS) is 11.7. The molecule has 0 aromatic rings. The lowest BCUT2D eigenvalue weighted by Crippen LogP contribution is -2.17. The number of aliphatic carboxylic acids is 1. The number of carbonyl (C=O) groups excluding carboxylic acids is 1. The zero-order valence-electron chi connectivity index (χ0n) is 5.69. The van der Waals surface area contributed by atoms with Crippen LogP contribution in [0.25, 0.3) is 0 Å². The smallest absolute Gasteiger partial charge is 0.319 e. The predicted octanol–water partition coefficient (Wildman–Crippen LogP) is -0.491. The number of aliphatic hydroxyl groups excluding tert-OH is 1. The van der Waals surface area contributed by atoms with Crippen LogP contribution in [-0.4, -0.2) is 28.4 Å². The summed E-state index contributed by atoms with van der Waals surface area (Å²) in [5, 5.41) is 16.6. The molecule has 0 amide bonds. The molecule has 1 atom stereocenters. The molecule has 0 bridgehead atoms. The molecule has 0 heterocycles. The molecule has 0 aliphatic rings. The molecule has 0 saturated heterocycles. The van der Waals surface area contributed by atoms with Gasteiger partial charge in [-0.15, -0.1) is 0 Å². The molecule has 0 aromatic heterocycles. The van der Waals surface area contributed by atoms with E-state index in [4.69, 9.17) is 10.2 Å². The Bertz CT molecular complexity index is 174. The summed E-state index contributed by atoms with van der Waals surface area (Å²) in [7, 11) is 0. The molecule has 62 valence electrons. The van der Waals surface area contributed by atoms with E-state index in [1.807, 2.05) is 0 Å². The summed E-state index contributed by atoms with van der Waals surface area (Å²) in [6.45, 7) is 3.12. The lowest BCUT2D eigenvalue weighted by atomic mass is 10.4. The molecule has 5 heteroatoms. The number of carbonyl (C=O) groups is 2. The summed E-state index contributed by atoms with van der Waals surface area (Å²) in [5.41, 5.74) is 0. The van der Waals surface area contributed by atoms with Crippen molar-refractivity contribution in [3.05, 3.63) is 12.7 Å². The van der Waals surface area contributed by atoms with Gasteiger partial charge >= 0.3 is 11.9 Å². The Labute approximate surface area is 62.9 Å². The summed E-state index contributed by atoms with van der Waals surface area (Å²) < 4.78 is 4.13. The molecule has 11 heavy (non-hydrogen) atoms. The van der Waals surface area contributed by atoms with E-state index in [-0.39, 0.29) is 0 Å². The van der Waals surface area contributed by atoms with Crippen LogP contribution in [0.3, 0.4) is 0 Å². The van der Waals surface area contributed by atoms with Crippen LogP contribution in [0.5, 0.6) is 0 Å². The number of carboxylic acids is 1. The van der Waals surface area contributed by atoms with Gasteiger partial charge in [0.25, 0.3) is 0 Å². The van der Waals surface area contributed by atoms with Crippen molar-refractivity contribution < 1.29 is 24.5 Å². The SMILES string of the molecule is C=CC(O)OC(=O)CC(=O)O. The van der Waals surface area contributed by atoms with Gasteiger partial charge in [0.15, 0.2) is 0 Å². The first-order valence-corrected chi connectivity index (χ1v) is 2.78. The molecule has 5 nitrogen and oxygen atoms in total. The highest BCUT2D eigenvalue weighted by molar-refractivity contribution is 5.90. The van der Waals surface area contributed by atoms with E-state index in [1.54, 1.807) is 0 Å². The van der Waals surface area contributed by atoms with Crippen LogP contribution in [0.4, 0.5) is 0 Å². The zero-order valence-corrected chi connectivity index (χ0v) is 5.69. The first kappa shape index (κ1) is 9.64. The fourth-order valence-corrected chi connectivity index (χ4v) is 0.348. The second kappa shape index (κ2) is 4.45. The van der Waals surface area contributed by atoms with Crippen molar-refractivity contribution in [2.45, 2.75) is 12.7 Å². The Morgan fingerprint density at radius 2 is 2.18 bits per heavy atom. The number of carboxylic acid groups (broad SMARTS) is 1. The molecule has 1 unspecified atom stereocenters. The number of hydrogen-bond acceptors (Lipinski definition) is 4. The van der Waals surface area contributed by atoms with Crippen molar-refractivity contribution in [2.75, 3.05) is 0 Å². The van der Waals surface area contributed by atoms with Gasteiger partial charge in [-0.05, 0) is 6.08 Å². The van der Waals surface area contributed by atoms with Gasteiger partial charge in [-0.3, -0.25) is 9.59 Å². The van der Waals surface area contributed by atoms with E-state index in [1.165, 1.54) is 0 Å². The molecule has 0 fully saturated rings. The van der Waals surface area contributed by atoms with E-state index in [9.17, 15) is 9.59 Å². The lowest BCUT2D eigenvalue weighted by molar-refractivity contribution is -0.164. The zero-order chi connectivity index (χ0) is 8.85. The molecular formula is C6H8O5. The first-order valence-electron chi connectivity index (χ1n) is 2.78. The van der Waals surface area contributed by atoms with Crippen molar-refractivity contribution >= 4 is 11.9 Å². The van der Waals surface area contributed by atoms with Gasteiger partial charge in [0.05, 0.1) is 0 Å². The number of aliphatic hydroxyl groups is 1. The van der Waals surface area contributed by atoms with Gasteiger partial charge in [0.2, 0.25) is 6.29 Å². The van der Waals surface area contributed by atoms with Gasteiger partial charge in [-0.2, -0.15) is 0 Å². The lowest BCUT2D eigenvalue weighted by Gasteiger charge is -2.04. The highest BCUT2D eigenvalue weighted by atomic mass is 16.6. The second-order valence-electron chi connectivity index (χ2n) is 1.69. The van der Waals surface area contributed by atoms with Crippen molar-refractivity contribution in [2.24, 2.45) is 0 Å². The summed E-state index contributed by atoms with van der Waals surface area (Å²) >= 11 is 0. The minimum absolute atomic E-state index is 0.759. The average Bonchev–Trinajstić information content (AvgIpc) is 1.85. The molecule has 2 N–H and O–H groups in total. The number of ether oxygens (including phenoxy) is 1. The van der Waals surface area contributed by atoms with E-state index in [0.717, 1.165) is 6.08 Å². The summed E-state index contributed by atoms with van der Waals surface area (Å²) in [4.78, 5) is 20.3. The summed E-state index contributed by atoms with van der Waals surface area (Å²) in [5.74, 6) is -2.30. The molecule has 0 spiro atoms. The van der Waals surface area contributed by atoms with E-state index >= 15 is 0 Å². The highest BCUT2D eigenvalue weighted by Crippen LogP contribution is 1.92. The van der Waals surface area contributed by atoms with Gasteiger partial charge in [-0.1, -0.05) is 6.58 Å². The van der Waals surface area contributed by atoms with Crippen LogP contribution >= 0.6 is 0 Å². The maximum Gasteiger partial charge on any atom is 0.319 e. The molecule has 0 aromatic carbocycles. The van der Waals surface area contributed by atoms with Gasteiger partial charge < -0.3 is 14.9 Å². The second-order valence-corrected chi connectivity index (χ2v) is 1.69. The van der Waals surface area contributed by atoms with Crippen LogP contribution < -0.4 is 0 Å². The van der Waals surface area contributed by atoms with Gasteiger partial charge in [0, 0.05) is 0 Å². The van der Waals surface area contributed by atoms with E-state index < -0.39 is 24.6 Å². The summed E-state index contributed by atoms with van der Waals surface area (Å²) in [6, 6.07) is 0. The monoisotopic (exact) mass is 160 g/mol. The third kappa shape index (κ3) is 5.10. The Morgan fingerprint density at radius 3 is 2.55 bits per heavy atom. The van der Waals surface area contributed by atoms with Crippen LogP contribution in [0.15, 0.2) is 12.7 Å². The Kier molecular flexibility index (Phi) is 3.90. The number of rotatable bonds is 4. The van der Waals surface area contributed by atoms with Crippen molar-refractivity contribution in [1.29, 1.82) is 0 Å². The topological polar surface area (TPSA) is 83.8 Å². The van der Waals surface area contributed by atoms with E-state index in [0.29, 0.717) is 0 Å². The maximum absolute atomic E-state index is 10.4. The third-order valence-corrected chi connectivity index (χ3v) is 0.749. The Morgan fingerprint density at radius 1 is 1.64 bits per heavy atom. The van der Waals surface area contributed by atoms with Gasteiger partial charge in [-0.25, -0.2) is 0 Å². The van der Waals surface area contributed by atoms with Crippen LogP contribution in [0.2, 0.25) is 0 Å². The average molecular weight is 160 g/mol. The molecule has 0 rings (SSSR count). The van der Waals surface area contributed by atoms with Crippen molar-refractivity contribution in [1.82, 2.24) is 0 Å². The minimum atomic E-state index is -1.43. The molecule has 0 saturated carbocycles. The van der Waals surface area contributed by atoms with Crippen LogP contribution in [-0.2, 0) is 14.3 Å². The predicted molar refractivity (Wildman–Crippen MR) is 34.5 cm³/mol. The Hall–Kier alpha value is -1.36. The number of esters is 1. The van der Waals surface area contributed by atoms with Crippen molar-refractivity contribution in [3.63, 3.8) is 0 Å². The number of hydrogen-bond donors (Lipinski definition) is 2. The Balaban J connectivity index is 3.69.